The minimum Gasteiger partial charge on any atom is -0.460 e. The molecule has 0 bridgehead atoms. The summed E-state index contributed by atoms with van der Waals surface area (Å²) in [5.74, 6) is 0.725. The third-order valence-corrected chi connectivity index (χ3v) is 5.87. The van der Waals surface area contributed by atoms with E-state index in [1.165, 1.54) is 0 Å². The lowest BCUT2D eigenvalue weighted by atomic mass is 10.00. The zero-order valence-corrected chi connectivity index (χ0v) is 22.6. The number of hydrogen-bond donors (Lipinski definition) is 0. The highest BCUT2D eigenvalue weighted by atomic mass is 127. The molecule has 0 fully saturated rings. The Morgan fingerprint density at radius 1 is 1.27 bits per heavy atom. The normalized spacial score (nSPS) is 16.0. The fourth-order valence-electron chi connectivity index (χ4n) is 3.50. The lowest BCUT2D eigenvalue weighted by Crippen LogP contribution is -2.27. The van der Waals surface area contributed by atoms with E-state index in [1.54, 1.807) is 5.06 Å². The van der Waals surface area contributed by atoms with E-state index in [2.05, 4.69) is 65.4 Å². The zero-order valence-electron chi connectivity index (χ0n) is 20.4. The highest BCUT2D eigenvalue weighted by molar-refractivity contribution is 14.1. The lowest BCUT2D eigenvalue weighted by Gasteiger charge is -2.26. The molecule has 0 saturated heterocycles. The van der Waals surface area contributed by atoms with Gasteiger partial charge in [-0.1, -0.05) is 18.2 Å². The van der Waals surface area contributed by atoms with Crippen molar-refractivity contribution in [3.8, 4) is 0 Å². The Balaban J connectivity index is 1.75. The van der Waals surface area contributed by atoms with Crippen LogP contribution in [-0.2, 0) is 20.8 Å². The molecule has 1 aliphatic heterocycles. The van der Waals surface area contributed by atoms with Crippen molar-refractivity contribution >= 4 is 44.0 Å². The number of esters is 1. The van der Waals surface area contributed by atoms with E-state index in [9.17, 15) is 4.79 Å². The predicted octanol–water partition coefficient (Wildman–Crippen LogP) is 5.75. The van der Waals surface area contributed by atoms with Crippen molar-refractivity contribution in [3.63, 3.8) is 0 Å². The van der Waals surface area contributed by atoms with Gasteiger partial charge in [0.25, 0.3) is 3.90 Å². The Labute approximate surface area is 210 Å². The first kappa shape index (κ1) is 25.3. The Hall–Kier alpha value is -2.36. The van der Waals surface area contributed by atoms with Gasteiger partial charge in [0.15, 0.2) is 6.17 Å². The van der Waals surface area contributed by atoms with Crippen molar-refractivity contribution < 1.29 is 14.4 Å². The second-order valence-corrected chi connectivity index (χ2v) is 10.5. The molecule has 0 spiro atoms. The Kier molecular flexibility index (Phi) is 7.87. The molecular weight excluding hydrogens is 531 g/mol. The van der Waals surface area contributed by atoms with Gasteiger partial charge in [0.2, 0.25) is 0 Å². The van der Waals surface area contributed by atoms with Crippen molar-refractivity contribution in [2.75, 3.05) is 17.0 Å². The average molecular weight is 564 g/mol. The molecule has 33 heavy (non-hydrogen) atoms. The summed E-state index contributed by atoms with van der Waals surface area (Å²) in [6, 6.07) is 10.6. The molecule has 2 aromatic rings. The van der Waals surface area contributed by atoms with Crippen LogP contribution in [-0.4, -0.2) is 33.5 Å². The number of ether oxygens (including phenoxy) is 1. The minimum atomic E-state index is -0.463. The van der Waals surface area contributed by atoms with Crippen molar-refractivity contribution in [2.45, 2.75) is 72.2 Å². The molecule has 1 unspecified atom stereocenters. The van der Waals surface area contributed by atoms with Crippen LogP contribution in [0.1, 0.15) is 63.9 Å². The van der Waals surface area contributed by atoms with Crippen LogP contribution < -0.4 is 9.96 Å². The summed E-state index contributed by atoms with van der Waals surface area (Å²) in [6.07, 6.45) is 2.51. The number of pyridine rings is 1. The lowest BCUT2D eigenvalue weighted by molar-refractivity contribution is -0.154. The second-order valence-electron chi connectivity index (χ2n) is 9.53. The molecule has 7 nitrogen and oxygen atoms in total. The van der Waals surface area contributed by atoms with Crippen LogP contribution in [0, 0.1) is 6.92 Å². The number of carbonyl (C=O) groups is 1. The predicted molar refractivity (Wildman–Crippen MR) is 141 cm³/mol. The maximum Gasteiger partial charge on any atom is 0.306 e. The molecule has 8 heteroatoms. The van der Waals surface area contributed by atoms with Crippen LogP contribution in [0.15, 0.2) is 41.5 Å². The van der Waals surface area contributed by atoms with Crippen molar-refractivity contribution in [2.24, 2.45) is 4.99 Å². The molecule has 178 valence electrons. The minimum absolute atomic E-state index is 0.183. The van der Waals surface area contributed by atoms with Gasteiger partial charge in [-0.2, -0.15) is 5.06 Å². The van der Waals surface area contributed by atoms with Gasteiger partial charge in [-0.15, -0.1) is 0 Å². The number of aryl methyl sites for hydroxylation is 2. The van der Waals surface area contributed by atoms with E-state index in [-0.39, 0.29) is 12.1 Å². The second kappa shape index (κ2) is 10.3. The largest absolute Gasteiger partial charge is 0.460 e. The van der Waals surface area contributed by atoms with Crippen LogP contribution >= 0.6 is 22.6 Å². The third kappa shape index (κ3) is 6.59. The summed E-state index contributed by atoms with van der Waals surface area (Å²) in [4.78, 5) is 29.4. The molecule has 0 amide bonds. The van der Waals surface area contributed by atoms with Gasteiger partial charge in [-0.3, -0.25) is 4.79 Å². The zero-order chi connectivity index (χ0) is 24.3. The van der Waals surface area contributed by atoms with Crippen LogP contribution in [0.5, 0.6) is 0 Å². The monoisotopic (exact) mass is 564 g/mol. The van der Waals surface area contributed by atoms with E-state index < -0.39 is 5.60 Å². The number of aromatic nitrogens is 1. The number of hydrogen-bond acceptors (Lipinski definition) is 7. The maximum atomic E-state index is 12.1. The van der Waals surface area contributed by atoms with Crippen LogP contribution in [0.2, 0.25) is 0 Å². The Morgan fingerprint density at radius 2 is 2.00 bits per heavy atom. The third-order valence-electron chi connectivity index (χ3n) is 5.39. The highest BCUT2D eigenvalue weighted by Gasteiger charge is 2.31. The molecule has 1 aliphatic rings. The van der Waals surface area contributed by atoms with Gasteiger partial charge in [0.1, 0.15) is 11.4 Å². The summed E-state index contributed by atoms with van der Waals surface area (Å²) >= 11 is 2.10. The molecule has 0 N–H and O–H groups in total. The molecule has 1 atom stereocenters. The van der Waals surface area contributed by atoms with Gasteiger partial charge in [0.05, 0.1) is 11.9 Å². The fraction of sp³-hybridized carbons (Fsp3) is 0.480. The van der Waals surface area contributed by atoms with Crippen molar-refractivity contribution in [1.82, 2.24) is 4.98 Å². The van der Waals surface area contributed by atoms with E-state index in [1.807, 2.05) is 52.2 Å². The van der Waals surface area contributed by atoms with E-state index >= 15 is 0 Å². The van der Waals surface area contributed by atoms with Crippen molar-refractivity contribution in [1.29, 1.82) is 0 Å². The molecule has 3 rings (SSSR count). The Bertz CT molecular complexity index is 1020. The summed E-state index contributed by atoms with van der Waals surface area (Å²) in [6.45, 7) is 12.0. The smallest absolute Gasteiger partial charge is 0.306 e. The first-order chi connectivity index (χ1) is 15.4. The summed E-state index contributed by atoms with van der Waals surface area (Å²) in [7, 11) is 2.03. The van der Waals surface area contributed by atoms with Crippen LogP contribution in [0.3, 0.4) is 0 Å². The summed E-state index contributed by atoms with van der Waals surface area (Å²) < 4.78 is 5.99. The number of nitrogens with zero attached hydrogens (tertiary/aromatic N) is 4. The average Bonchev–Trinajstić information content (AvgIpc) is 3.12. The number of carbonyl (C=O) groups excluding carboxylic acids is 1. The molecule has 2 heterocycles. The number of halogens is 1. The number of anilines is 2. The molecule has 0 saturated carbocycles. The highest BCUT2D eigenvalue weighted by Crippen LogP contribution is 2.36. The molecule has 1 aromatic carbocycles. The van der Waals surface area contributed by atoms with E-state index in [4.69, 9.17) is 14.6 Å². The van der Waals surface area contributed by atoms with Gasteiger partial charge in [0, 0.05) is 47.7 Å². The van der Waals surface area contributed by atoms with Gasteiger partial charge < -0.3 is 14.5 Å². The van der Waals surface area contributed by atoms with Gasteiger partial charge in [-0.25, -0.2) is 9.98 Å². The quantitative estimate of drug-likeness (QED) is 0.315. The summed E-state index contributed by atoms with van der Waals surface area (Å²) in [5, 5.41) is 1.79. The number of benzene rings is 1. The topological polar surface area (TPSA) is 67.3 Å². The molecule has 1 aromatic heterocycles. The number of hydroxylamine groups is 1. The van der Waals surface area contributed by atoms with Crippen LogP contribution in [0.25, 0.3) is 0 Å². The SMILES string of the molecule is Cc1cc(CCC(=O)OC(C)(C)C)ccc1C1N=C(I)ON1c1ccc(N(C)C(C)C)nc1. The number of aliphatic imine (C=N–C) groups is 1. The first-order valence-electron chi connectivity index (χ1n) is 11.2. The molecular formula is C25H33IN4O3. The van der Waals surface area contributed by atoms with Gasteiger partial charge in [-0.05, 0) is 71.2 Å². The van der Waals surface area contributed by atoms with Gasteiger partial charge >= 0.3 is 5.97 Å². The van der Waals surface area contributed by atoms with E-state index in [0.29, 0.717) is 22.8 Å². The van der Waals surface area contributed by atoms with Crippen molar-refractivity contribution in [3.05, 3.63) is 53.2 Å². The van der Waals surface area contributed by atoms with E-state index in [0.717, 1.165) is 28.2 Å². The fourth-order valence-corrected chi connectivity index (χ4v) is 3.97. The Morgan fingerprint density at radius 3 is 2.58 bits per heavy atom. The maximum absolute atomic E-state index is 12.1. The number of rotatable bonds is 7. The summed E-state index contributed by atoms with van der Waals surface area (Å²) in [5.41, 5.74) is 3.61. The molecule has 0 radical (unpaired) electrons. The first-order valence-corrected chi connectivity index (χ1v) is 12.2. The standard InChI is InChI=1S/C25H33IN4O3/c1-16(2)29(7)21-12-10-19(15-27-21)30-23(28-24(26)33-30)20-11-8-18(14-17(20)3)9-13-22(31)32-25(4,5)6/h8,10-12,14-16,23H,9,13H2,1-7H3. The van der Waals surface area contributed by atoms with Crippen LogP contribution in [0.4, 0.5) is 11.5 Å². The molecule has 0 aliphatic carbocycles.